The maximum atomic E-state index is 15.0. The summed E-state index contributed by atoms with van der Waals surface area (Å²) in [4.78, 5) is 77.6. The third-order valence-electron chi connectivity index (χ3n) is 13.8. The zero-order valence-electron chi connectivity index (χ0n) is 34.7. The van der Waals surface area contributed by atoms with Crippen LogP contribution in [0.3, 0.4) is 0 Å². The van der Waals surface area contributed by atoms with Crippen molar-refractivity contribution in [3.8, 4) is 17.1 Å². The lowest BCUT2D eigenvalue weighted by Gasteiger charge is -2.32. The van der Waals surface area contributed by atoms with E-state index in [1.165, 1.54) is 15.5 Å². The smallest absolute Gasteiger partial charge is 0.408 e. The Bertz CT molecular complexity index is 2460. The van der Waals surface area contributed by atoms with E-state index in [-0.39, 0.29) is 55.4 Å². The minimum Gasteiger partial charge on any atom is -0.459 e. The van der Waals surface area contributed by atoms with Gasteiger partial charge in [0.1, 0.15) is 29.8 Å². The van der Waals surface area contributed by atoms with Crippen LogP contribution in [0.2, 0.25) is 0 Å². The topological polar surface area (TPSA) is 195 Å². The number of carbonyl (C=O) groups excluding carboxylic acids is 4. The van der Waals surface area contributed by atoms with Gasteiger partial charge in [0.25, 0.3) is 17.5 Å². The molecular weight excluding hydrogens is 813 g/mol. The molecule has 62 heavy (non-hydrogen) atoms. The zero-order valence-corrected chi connectivity index (χ0v) is 35.5. The van der Waals surface area contributed by atoms with Gasteiger partial charge in [-0.1, -0.05) is 67.5 Å². The summed E-state index contributed by atoms with van der Waals surface area (Å²) < 4.78 is 42.0. The van der Waals surface area contributed by atoms with Gasteiger partial charge >= 0.3 is 6.09 Å². The van der Waals surface area contributed by atoms with Gasteiger partial charge in [-0.15, -0.1) is 6.58 Å². The zero-order chi connectivity index (χ0) is 43.2. The molecule has 2 aliphatic heterocycles. The first-order chi connectivity index (χ1) is 29.9. The molecule has 0 spiro atoms. The molecule has 3 N–H and O–H groups in total. The second kappa shape index (κ2) is 17.0. The Morgan fingerprint density at radius 2 is 1.68 bits per heavy atom. The summed E-state index contributed by atoms with van der Waals surface area (Å²) in [5, 5.41) is 5.51. The van der Waals surface area contributed by atoms with Crippen LogP contribution >= 0.6 is 0 Å². The van der Waals surface area contributed by atoms with E-state index < -0.39 is 68.7 Å². The Morgan fingerprint density at radius 3 is 2.42 bits per heavy atom. The summed E-state index contributed by atoms with van der Waals surface area (Å²) in [6, 6.07) is 13.1. The van der Waals surface area contributed by atoms with Crippen LogP contribution in [-0.2, 0) is 35.7 Å². The molecule has 7 atom stereocenters. The van der Waals surface area contributed by atoms with Gasteiger partial charge in [0.2, 0.25) is 21.8 Å². The van der Waals surface area contributed by atoms with Crippen LogP contribution in [0, 0.1) is 17.8 Å². The van der Waals surface area contributed by atoms with Gasteiger partial charge in [-0.25, -0.2) is 13.2 Å². The first kappa shape index (κ1) is 41.8. The van der Waals surface area contributed by atoms with E-state index in [0.29, 0.717) is 49.4 Å². The second-order valence-corrected chi connectivity index (χ2v) is 19.9. The lowest BCUT2D eigenvalue weighted by molar-refractivity contribution is -0.142. The molecule has 4 saturated carbocycles. The lowest BCUT2D eigenvalue weighted by Crippen LogP contribution is -2.59. The van der Waals surface area contributed by atoms with Gasteiger partial charge in [-0.2, -0.15) is 4.98 Å². The lowest BCUT2D eigenvalue weighted by atomic mass is 9.96. The minimum absolute atomic E-state index is 0.0249. The molecule has 6 aliphatic rings. The summed E-state index contributed by atoms with van der Waals surface area (Å²) in [7, 11) is -3.93. The van der Waals surface area contributed by atoms with Crippen molar-refractivity contribution in [3.63, 3.8) is 0 Å². The summed E-state index contributed by atoms with van der Waals surface area (Å²) in [5.41, 5.74) is 0.329. The monoisotopic (exact) mass is 866 g/mol. The molecule has 15 nitrogen and oxygen atoms in total. The number of hydrogen-bond donors (Lipinski definition) is 3. The fourth-order valence-corrected chi connectivity index (χ4v) is 11.4. The number of hydrogen-bond acceptors (Lipinski definition) is 10. The number of alkyl carbamates (subject to hydrolysis) is 1. The van der Waals surface area contributed by atoms with Gasteiger partial charge in [0, 0.05) is 18.9 Å². The van der Waals surface area contributed by atoms with Crippen molar-refractivity contribution in [2.24, 2.45) is 17.8 Å². The van der Waals surface area contributed by atoms with E-state index in [9.17, 15) is 32.4 Å². The fraction of sp³-hybridized carbons (Fsp3) is 0.522. The molecule has 9 rings (SSSR count). The summed E-state index contributed by atoms with van der Waals surface area (Å²) in [5.74, 6) is -2.65. The molecule has 1 unspecified atom stereocenters. The predicted molar refractivity (Wildman–Crippen MR) is 230 cm³/mol. The van der Waals surface area contributed by atoms with Crippen molar-refractivity contribution >= 4 is 44.7 Å². The number of ether oxygens (including phenoxy) is 2. The average molecular weight is 867 g/mol. The van der Waals surface area contributed by atoms with Crippen molar-refractivity contribution in [2.45, 2.75) is 125 Å². The van der Waals surface area contributed by atoms with E-state index in [4.69, 9.17) is 14.5 Å². The number of fused-ring (bicyclic) bond motifs is 5. The molecule has 3 aromatic rings. The number of sulfonamides is 1. The maximum absolute atomic E-state index is 15.0. The molecule has 328 valence electrons. The Balaban J connectivity index is 1.08. The van der Waals surface area contributed by atoms with E-state index in [1.54, 1.807) is 6.07 Å². The van der Waals surface area contributed by atoms with E-state index in [0.717, 1.165) is 43.2 Å². The van der Waals surface area contributed by atoms with Crippen LogP contribution in [0.15, 0.2) is 78.1 Å². The van der Waals surface area contributed by atoms with E-state index >= 15 is 0 Å². The second-order valence-electron chi connectivity index (χ2n) is 17.9. The highest BCUT2D eigenvalue weighted by molar-refractivity contribution is 7.91. The molecule has 16 heteroatoms. The number of aromatic nitrogens is 2. The normalized spacial score (nSPS) is 29.8. The molecule has 4 amide bonds. The van der Waals surface area contributed by atoms with Crippen LogP contribution in [0.4, 0.5) is 4.79 Å². The summed E-state index contributed by atoms with van der Waals surface area (Å²) in [6.45, 7) is 3.86. The van der Waals surface area contributed by atoms with Gasteiger partial charge in [0.15, 0.2) is 0 Å². The SMILES string of the molecule is C=C[C@@H]1C[C@]1(NC(=O)C1C[C@@H]2CN1C(=O)[C@H](C1CCCC1)NC(=O)O[C@@H]1CCC[C@H]1CC/C=C/Cn1c(nc3cc(-c4ccccc4)ccc3c1=O)O2)C(=O)NS(=O)(=O)C1CC1. The first-order valence-corrected chi connectivity index (χ1v) is 23.7. The van der Waals surface area contributed by atoms with Gasteiger partial charge < -0.3 is 25.0 Å². The Kier molecular flexibility index (Phi) is 11.5. The van der Waals surface area contributed by atoms with E-state index in [1.807, 2.05) is 54.6 Å². The first-order valence-electron chi connectivity index (χ1n) is 22.1. The average Bonchev–Trinajstić information content (AvgIpc) is 4.05. The Hall–Kier alpha value is -5.51. The highest BCUT2D eigenvalue weighted by Crippen LogP contribution is 2.46. The predicted octanol–water partition coefficient (Wildman–Crippen LogP) is 4.88. The molecule has 3 heterocycles. The molecular formula is C46H54N6O9S. The molecule has 4 aliphatic carbocycles. The summed E-state index contributed by atoms with van der Waals surface area (Å²) >= 11 is 0. The number of nitrogens with zero attached hydrogens (tertiary/aromatic N) is 3. The van der Waals surface area contributed by atoms with Crippen LogP contribution in [0.1, 0.15) is 83.5 Å². The van der Waals surface area contributed by atoms with Crippen molar-refractivity contribution in [2.75, 3.05) is 6.54 Å². The number of rotatable bonds is 8. The van der Waals surface area contributed by atoms with Crippen molar-refractivity contribution in [1.82, 2.24) is 29.8 Å². The number of nitrogens with one attached hydrogen (secondary N) is 3. The molecule has 1 aromatic heterocycles. The molecule has 1 saturated heterocycles. The van der Waals surface area contributed by atoms with Crippen LogP contribution in [-0.4, -0.2) is 88.3 Å². The van der Waals surface area contributed by atoms with Gasteiger partial charge in [0.05, 0.1) is 22.7 Å². The standard InChI is InChI=1S/C46H54N6O9S/c1-2-32-26-46(32,43(56)50-62(58,59)34-20-21-34)49-40(53)37-25-33-27-52(37)42(55)39(30-15-8-9-16-30)48-45(57)61-38-18-11-17-29(38)14-7-4-10-23-51-41(54)35-22-19-31(28-12-5-3-6-13-28)24-36(35)47-44(51)60-33/h2-6,10,12-13,19,22,24,29-30,32-34,37-39H,1,7-9,11,14-18,20-21,23,25-27H2,(H,48,57)(H,49,53)(H,50,56)/b10-4+/t29-,32-,33-,37?,38-,39+,46-/m1/s1. The highest BCUT2D eigenvalue weighted by atomic mass is 32.2. The largest absolute Gasteiger partial charge is 0.459 e. The third kappa shape index (κ3) is 8.37. The van der Waals surface area contributed by atoms with E-state index in [2.05, 4.69) is 21.9 Å². The quantitative estimate of drug-likeness (QED) is 0.263. The van der Waals surface area contributed by atoms with Crippen LogP contribution in [0.25, 0.3) is 22.0 Å². The Morgan fingerprint density at radius 1 is 0.903 bits per heavy atom. The fourth-order valence-electron chi connectivity index (χ4n) is 10.1. The molecule has 2 aromatic carbocycles. The Labute approximate surface area is 360 Å². The molecule has 5 fully saturated rings. The molecule has 2 bridgehead atoms. The number of amides is 4. The highest BCUT2D eigenvalue weighted by Gasteiger charge is 2.62. The van der Waals surface area contributed by atoms with Crippen LogP contribution in [0.5, 0.6) is 6.01 Å². The van der Waals surface area contributed by atoms with Crippen molar-refractivity contribution in [3.05, 3.63) is 83.7 Å². The number of carbonyl (C=O) groups is 4. The molecule has 0 radical (unpaired) electrons. The number of benzene rings is 2. The maximum Gasteiger partial charge on any atom is 0.408 e. The van der Waals surface area contributed by atoms with Gasteiger partial charge in [-0.05, 0) is 99.3 Å². The van der Waals surface area contributed by atoms with Gasteiger partial charge in [-0.3, -0.25) is 28.5 Å². The van der Waals surface area contributed by atoms with Crippen LogP contribution < -0.4 is 25.7 Å². The van der Waals surface area contributed by atoms with Crippen molar-refractivity contribution in [1.29, 1.82) is 0 Å². The third-order valence-corrected chi connectivity index (χ3v) is 15.6. The minimum atomic E-state index is -3.93. The summed E-state index contributed by atoms with van der Waals surface area (Å²) in [6.07, 6.45) is 11.7. The van der Waals surface area contributed by atoms with Crippen molar-refractivity contribution < 1.29 is 37.1 Å². The number of allylic oxidation sites excluding steroid dienone is 2.